The van der Waals surface area contributed by atoms with Gasteiger partial charge in [0.15, 0.2) is 17.7 Å². The average Bonchev–Trinajstić information content (AvgIpc) is 2.60. The van der Waals surface area contributed by atoms with Gasteiger partial charge in [-0.3, -0.25) is 4.79 Å². The van der Waals surface area contributed by atoms with Crippen molar-refractivity contribution in [1.82, 2.24) is 5.32 Å². The summed E-state index contributed by atoms with van der Waals surface area (Å²) in [6.45, 7) is 10.3. The average molecular weight is 357 g/mol. The molecule has 26 heavy (non-hydrogen) atoms. The minimum atomic E-state index is -0.733. The van der Waals surface area contributed by atoms with Crippen LogP contribution >= 0.6 is 0 Å². The van der Waals surface area contributed by atoms with Crippen molar-refractivity contribution >= 4 is 5.91 Å². The highest BCUT2D eigenvalue weighted by Crippen LogP contribution is 2.24. The molecule has 2 aromatic rings. The van der Waals surface area contributed by atoms with E-state index in [-0.39, 0.29) is 23.1 Å². The highest BCUT2D eigenvalue weighted by atomic mass is 19.1. The Morgan fingerprint density at radius 2 is 1.73 bits per heavy atom. The molecule has 1 N–H and O–H groups in total. The number of amides is 1. The van der Waals surface area contributed by atoms with Crippen LogP contribution in [0.25, 0.3) is 0 Å². The monoisotopic (exact) mass is 357 g/mol. The molecule has 0 unspecified atom stereocenters. The summed E-state index contributed by atoms with van der Waals surface area (Å²) in [5.74, 6) is -0.621. The second-order valence-electron chi connectivity index (χ2n) is 7.55. The number of rotatable bonds is 6. The van der Waals surface area contributed by atoms with Crippen molar-refractivity contribution in [1.29, 1.82) is 0 Å². The molecule has 0 heterocycles. The van der Waals surface area contributed by atoms with Crippen LogP contribution in [0.2, 0.25) is 0 Å². The Morgan fingerprint density at radius 1 is 1.12 bits per heavy atom. The number of ether oxygens (including phenoxy) is 1. The third-order valence-corrected chi connectivity index (χ3v) is 4.40. The van der Waals surface area contributed by atoms with Crippen molar-refractivity contribution in [2.75, 3.05) is 0 Å². The zero-order chi connectivity index (χ0) is 19.3. The lowest BCUT2D eigenvalue weighted by Gasteiger charge is -2.22. The molecule has 2 aromatic carbocycles. The fourth-order valence-electron chi connectivity index (χ4n) is 2.68. The molecule has 140 valence electrons. The maximum Gasteiger partial charge on any atom is 0.261 e. The maximum atomic E-state index is 13.8. The zero-order valence-corrected chi connectivity index (χ0v) is 16.2. The molecule has 3 nitrogen and oxygen atoms in total. The van der Waals surface area contributed by atoms with Crippen molar-refractivity contribution in [3.05, 3.63) is 65.5 Å². The summed E-state index contributed by atoms with van der Waals surface area (Å²) < 4.78 is 19.3. The van der Waals surface area contributed by atoms with E-state index >= 15 is 0 Å². The molecular weight excluding hydrogens is 329 g/mol. The molecule has 0 saturated heterocycles. The van der Waals surface area contributed by atoms with Crippen molar-refractivity contribution in [3.63, 3.8) is 0 Å². The normalized spacial score (nSPS) is 13.8. The summed E-state index contributed by atoms with van der Waals surface area (Å²) in [4.78, 5) is 12.5. The lowest BCUT2D eigenvalue weighted by atomic mass is 9.86. The Morgan fingerprint density at radius 3 is 2.27 bits per heavy atom. The molecule has 0 radical (unpaired) electrons. The summed E-state index contributed by atoms with van der Waals surface area (Å²) in [6, 6.07) is 14.2. The van der Waals surface area contributed by atoms with Gasteiger partial charge in [-0.05, 0) is 42.0 Å². The molecule has 0 fully saturated rings. The third kappa shape index (κ3) is 5.07. The SMILES string of the molecule is CC[C@H](Oc1ccccc1F)C(=O)N[C@@H](C)c1ccc(C(C)(C)C)cc1. The molecule has 0 aliphatic heterocycles. The van der Waals surface area contributed by atoms with E-state index in [9.17, 15) is 9.18 Å². The predicted molar refractivity (Wildman–Crippen MR) is 103 cm³/mol. The van der Waals surface area contributed by atoms with Crippen LogP contribution in [-0.2, 0) is 10.2 Å². The fourth-order valence-corrected chi connectivity index (χ4v) is 2.68. The second kappa shape index (κ2) is 8.35. The van der Waals surface area contributed by atoms with Gasteiger partial charge in [0.05, 0.1) is 6.04 Å². The fraction of sp³-hybridized carbons (Fsp3) is 0.409. The summed E-state index contributed by atoms with van der Waals surface area (Å²) >= 11 is 0. The topological polar surface area (TPSA) is 38.3 Å². The van der Waals surface area contributed by atoms with Gasteiger partial charge in [0.25, 0.3) is 5.91 Å². The number of hydrogen-bond donors (Lipinski definition) is 1. The number of carbonyl (C=O) groups is 1. The first-order valence-corrected chi connectivity index (χ1v) is 9.04. The van der Waals surface area contributed by atoms with Crippen LogP contribution in [0.5, 0.6) is 5.75 Å². The van der Waals surface area contributed by atoms with E-state index in [1.165, 1.54) is 17.7 Å². The van der Waals surface area contributed by atoms with E-state index < -0.39 is 11.9 Å². The Balaban J connectivity index is 2.03. The Hall–Kier alpha value is -2.36. The molecule has 0 aliphatic carbocycles. The highest BCUT2D eigenvalue weighted by molar-refractivity contribution is 5.81. The molecule has 0 spiro atoms. The van der Waals surface area contributed by atoms with Gasteiger partial charge in [-0.2, -0.15) is 0 Å². The molecular formula is C22H28FNO2. The summed E-state index contributed by atoms with van der Waals surface area (Å²) in [7, 11) is 0. The largest absolute Gasteiger partial charge is 0.478 e. The van der Waals surface area contributed by atoms with Crippen LogP contribution in [-0.4, -0.2) is 12.0 Å². The van der Waals surface area contributed by atoms with Gasteiger partial charge in [0, 0.05) is 0 Å². The summed E-state index contributed by atoms with van der Waals surface area (Å²) in [6.07, 6.45) is -0.279. The molecule has 1 amide bonds. The zero-order valence-electron chi connectivity index (χ0n) is 16.2. The van der Waals surface area contributed by atoms with Crippen molar-refractivity contribution in [2.24, 2.45) is 0 Å². The maximum absolute atomic E-state index is 13.8. The highest BCUT2D eigenvalue weighted by Gasteiger charge is 2.22. The molecule has 4 heteroatoms. The molecule has 0 aliphatic rings. The van der Waals surface area contributed by atoms with Crippen LogP contribution in [0.1, 0.15) is 58.2 Å². The first kappa shape index (κ1) is 20.0. The number of halogens is 1. The smallest absolute Gasteiger partial charge is 0.261 e. The number of para-hydroxylation sites is 1. The molecule has 2 rings (SSSR count). The Labute approximate surface area is 155 Å². The number of carbonyl (C=O) groups excluding carboxylic acids is 1. The lowest BCUT2D eigenvalue weighted by Crippen LogP contribution is -2.39. The Bertz CT molecular complexity index is 735. The van der Waals surface area contributed by atoms with Crippen LogP contribution in [0.15, 0.2) is 48.5 Å². The van der Waals surface area contributed by atoms with E-state index in [1.54, 1.807) is 12.1 Å². The second-order valence-corrected chi connectivity index (χ2v) is 7.55. The van der Waals surface area contributed by atoms with Crippen molar-refractivity contribution in [3.8, 4) is 5.75 Å². The number of nitrogens with one attached hydrogen (secondary N) is 1. The molecule has 2 atom stereocenters. The van der Waals surface area contributed by atoms with Gasteiger partial charge >= 0.3 is 0 Å². The standard InChI is InChI=1S/C22H28FNO2/c1-6-19(26-20-10-8-7-9-18(20)23)21(25)24-15(2)16-11-13-17(14-12-16)22(3,4)5/h7-15,19H,6H2,1-5H3,(H,24,25)/t15-,19-/m0/s1. The van der Waals surface area contributed by atoms with Gasteiger partial charge in [0.2, 0.25) is 0 Å². The van der Waals surface area contributed by atoms with Crippen LogP contribution in [0, 0.1) is 5.82 Å². The van der Waals surface area contributed by atoms with E-state index in [0.717, 1.165) is 5.56 Å². The molecule has 0 bridgehead atoms. The molecule has 0 aromatic heterocycles. The lowest BCUT2D eigenvalue weighted by molar-refractivity contribution is -0.128. The summed E-state index contributed by atoms with van der Waals surface area (Å²) in [5, 5.41) is 2.96. The predicted octanol–water partition coefficient (Wildman–Crippen LogP) is 5.16. The van der Waals surface area contributed by atoms with Crippen LogP contribution < -0.4 is 10.1 Å². The minimum Gasteiger partial charge on any atom is -0.478 e. The first-order valence-electron chi connectivity index (χ1n) is 9.04. The van der Waals surface area contributed by atoms with E-state index in [2.05, 4.69) is 38.2 Å². The van der Waals surface area contributed by atoms with Crippen molar-refractivity contribution < 1.29 is 13.9 Å². The van der Waals surface area contributed by atoms with Gasteiger partial charge in [-0.1, -0.05) is 64.1 Å². The van der Waals surface area contributed by atoms with Crippen LogP contribution in [0.4, 0.5) is 4.39 Å². The van der Waals surface area contributed by atoms with Crippen molar-refractivity contribution in [2.45, 2.75) is 58.6 Å². The third-order valence-electron chi connectivity index (χ3n) is 4.40. The summed E-state index contributed by atoms with van der Waals surface area (Å²) in [5.41, 5.74) is 2.35. The van der Waals surface area contributed by atoms with Crippen LogP contribution in [0.3, 0.4) is 0 Å². The number of benzene rings is 2. The van der Waals surface area contributed by atoms with Gasteiger partial charge in [-0.15, -0.1) is 0 Å². The minimum absolute atomic E-state index is 0.0892. The van der Waals surface area contributed by atoms with E-state index in [4.69, 9.17) is 4.74 Å². The van der Waals surface area contributed by atoms with E-state index in [0.29, 0.717) is 6.42 Å². The molecule has 0 saturated carbocycles. The van der Waals surface area contributed by atoms with Gasteiger partial charge in [-0.25, -0.2) is 4.39 Å². The first-order chi connectivity index (χ1) is 12.2. The quantitative estimate of drug-likeness (QED) is 0.776. The Kier molecular flexibility index (Phi) is 6.41. The van der Waals surface area contributed by atoms with Gasteiger partial charge < -0.3 is 10.1 Å². The van der Waals surface area contributed by atoms with Gasteiger partial charge in [0.1, 0.15) is 0 Å². The van der Waals surface area contributed by atoms with E-state index in [1.807, 2.05) is 26.0 Å². The number of hydrogen-bond acceptors (Lipinski definition) is 2.